The highest BCUT2D eigenvalue weighted by Gasteiger charge is 2.13. The Hall–Kier alpha value is -1.75. The maximum atomic E-state index is 12.8. The number of halogens is 2. The minimum absolute atomic E-state index is 0.0331. The largest absolute Gasteiger partial charge is 0.494 e. The molecule has 1 heterocycles. The second kappa shape index (κ2) is 6.61. The van der Waals surface area contributed by atoms with E-state index >= 15 is 0 Å². The van der Waals surface area contributed by atoms with E-state index in [1.54, 1.807) is 18.2 Å². The molecule has 0 atom stereocenters. The van der Waals surface area contributed by atoms with Crippen molar-refractivity contribution in [1.82, 2.24) is 4.98 Å². The van der Waals surface area contributed by atoms with Crippen molar-refractivity contribution in [2.75, 3.05) is 7.11 Å². The zero-order chi connectivity index (χ0) is 14.5. The minimum atomic E-state index is -0.278. The van der Waals surface area contributed by atoms with Crippen LogP contribution in [0.25, 0.3) is 0 Å². The van der Waals surface area contributed by atoms with Crippen molar-refractivity contribution in [3.63, 3.8) is 0 Å². The number of hydrogen-bond acceptors (Lipinski definition) is 3. The van der Waals surface area contributed by atoms with E-state index in [1.807, 2.05) is 0 Å². The Labute approximate surface area is 124 Å². The molecule has 0 aliphatic heterocycles. The van der Waals surface area contributed by atoms with Gasteiger partial charge in [-0.05, 0) is 46.1 Å². The van der Waals surface area contributed by atoms with Crippen LogP contribution in [0.2, 0.25) is 0 Å². The number of carbonyl (C=O) groups excluding carboxylic acids is 1. The summed E-state index contributed by atoms with van der Waals surface area (Å²) in [6.45, 7) is 0. The Morgan fingerprint density at radius 2 is 2.05 bits per heavy atom. The fourth-order valence-corrected chi connectivity index (χ4v) is 2.17. The summed E-state index contributed by atoms with van der Waals surface area (Å²) in [5.41, 5.74) is 1.42. The van der Waals surface area contributed by atoms with Crippen LogP contribution in [0.1, 0.15) is 22.3 Å². The van der Waals surface area contributed by atoms with Gasteiger partial charge in [0.1, 0.15) is 16.2 Å². The molecule has 3 nitrogen and oxygen atoms in total. The molecule has 104 valence electrons. The molecule has 0 amide bonds. The fourth-order valence-electron chi connectivity index (χ4n) is 1.84. The number of ether oxygens (including phenoxy) is 1. The molecule has 0 radical (unpaired) electrons. The Morgan fingerprint density at radius 3 is 2.70 bits per heavy atom. The molecule has 0 bridgehead atoms. The number of ketones is 1. The zero-order valence-corrected chi connectivity index (χ0v) is 12.5. The highest BCUT2D eigenvalue weighted by molar-refractivity contribution is 9.10. The fraction of sp³-hybridized carbons (Fsp3) is 0.200. The topological polar surface area (TPSA) is 39.2 Å². The molecule has 0 spiro atoms. The summed E-state index contributed by atoms with van der Waals surface area (Å²) in [5, 5.41) is 0. The molecule has 2 aromatic rings. The molecule has 5 heteroatoms. The molecule has 1 aromatic carbocycles. The Balaban J connectivity index is 2.08. The second-order valence-electron chi connectivity index (χ2n) is 4.26. The number of nitrogens with zero attached hydrogens (tertiary/aromatic N) is 1. The summed E-state index contributed by atoms with van der Waals surface area (Å²) in [4.78, 5) is 16.2. The van der Waals surface area contributed by atoms with Gasteiger partial charge in [-0.2, -0.15) is 0 Å². The first-order chi connectivity index (χ1) is 9.60. The smallest absolute Gasteiger partial charge is 0.167 e. The summed E-state index contributed by atoms with van der Waals surface area (Å²) in [6.07, 6.45) is 2.40. The third kappa shape index (κ3) is 3.63. The van der Waals surface area contributed by atoms with E-state index in [9.17, 15) is 9.18 Å². The first-order valence-electron chi connectivity index (χ1n) is 6.07. The summed E-state index contributed by atoms with van der Waals surface area (Å²) in [5.74, 6) is 0.145. The van der Waals surface area contributed by atoms with Gasteiger partial charge in [-0.3, -0.25) is 4.79 Å². The van der Waals surface area contributed by atoms with E-state index in [4.69, 9.17) is 4.74 Å². The summed E-state index contributed by atoms with van der Waals surface area (Å²) < 4.78 is 18.5. The molecule has 2 rings (SSSR count). The third-order valence-corrected chi connectivity index (χ3v) is 3.34. The second-order valence-corrected chi connectivity index (χ2v) is 5.07. The lowest BCUT2D eigenvalue weighted by Gasteiger charge is -2.07. The molecule has 20 heavy (non-hydrogen) atoms. The van der Waals surface area contributed by atoms with Gasteiger partial charge in [-0.25, -0.2) is 9.37 Å². The lowest BCUT2D eigenvalue weighted by Crippen LogP contribution is -2.04. The Bertz CT molecular complexity index is 614. The van der Waals surface area contributed by atoms with E-state index in [0.717, 1.165) is 5.56 Å². The van der Waals surface area contributed by atoms with Crippen molar-refractivity contribution in [3.8, 4) is 5.75 Å². The third-order valence-electron chi connectivity index (χ3n) is 2.91. The molecule has 0 N–H and O–H groups in total. The predicted octanol–water partition coefficient (Wildman–Crippen LogP) is 3.81. The number of benzene rings is 1. The van der Waals surface area contributed by atoms with Gasteiger partial charge in [0.2, 0.25) is 0 Å². The summed E-state index contributed by atoms with van der Waals surface area (Å²) in [7, 11) is 1.50. The lowest BCUT2D eigenvalue weighted by molar-refractivity contribution is 0.0979. The molecule has 0 saturated heterocycles. The van der Waals surface area contributed by atoms with Crippen molar-refractivity contribution in [2.45, 2.75) is 12.8 Å². The highest BCUT2D eigenvalue weighted by Crippen LogP contribution is 2.22. The van der Waals surface area contributed by atoms with Gasteiger partial charge in [0, 0.05) is 6.42 Å². The Morgan fingerprint density at radius 1 is 1.35 bits per heavy atom. The molecule has 0 aliphatic rings. The Kier molecular flexibility index (Phi) is 4.84. The number of carbonyl (C=O) groups is 1. The summed E-state index contributed by atoms with van der Waals surface area (Å²) >= 11 is 3.24. The molecule has 0 saturated carbocycles. The first kappa shape index (κ1) is 14.7. The van der Waals surface area contributed by atoms with Crippen LogP contribution in [0, 0.1) is 5.82 Å². The van der Waals surface area contributed by atoms with E-state index in [0.29, 0.717) is 28.8 Å². The van der Waals surface area contributed by atoms with Gasteiger partial charge in [-0.1, -0.05) is 12.1 Å². The van der Waals surface area contributed by atoms with Crippen LogP contribution in [0.15, 0.2) is 41.1 Å². The van der Waals surface area contributed by atoms with Crippen molar-refractivity contribution >= 4 is 21.7 Å². The molecule has 1 aromatic heterocycles. The zero-order valence-electron chi connectivity index (χ0n) is 10.9. The van der Waals surface area contributed by atoms with Crippen molar-refractivity contribution in [2.24, 2.45) is 0 Å². The lowest BCUT2D eigenvalue weighted by atomic mass is 10.0. The van der Waals surface area contributed by atoms with Crippen LogP contribution < -0.4 is 4.74 Å². The average Bonchev–Trinajstić information content (AvgIpc) is 2.46. The molecule has 0 fully saturated rings. The number of hydrogen-bond donors (Lipinski definition) is 0. The van der Waals surface area contributed by atoms with Crippen molar-refractivity contribution in [3.05, 3.63) is 58.1 Å². The van der Waals surface area contributed by atoms with Gasteiger partial charge < -0.3 is 4.74 Å². The van der Waals surface area contributed by atoms with E-state index in [1.165, 1.54) is 25.4 Å². The van der Waals surface area contributed by atoms with Crippen LogP contribution in [0.5, 0.6) is 5.75 Å². The maximum Gasteiger partial charge on any atom is 0.167 e. The quantitative estimate of drug-likeness (QED) is 0.615. The van der Waals surface area contributed by atoms with Gasteiger partial charge in [0.15, 0.2) is 5.78 Å². The van der Waals surface area contributed by atoms with E-state index < -0.39 is 0 Å². The highest BCUT2D eigenvalue weighted by atomic mass is 79.9. The number of rotatable bonds is 5. The number of pyridine rings is 1. The molecular formula is C15H13BrFNO2. The molecular weight excluding hydrogens is 325 g/mol. The monoisotopic (exact) mass is 337 g/mol. The number of Topliss-reactive ketones (excluding diaryl/α,β-unsaturated/α-hetero) is 1. The van der Waals surface area contributed by atoms with Gasteiger partial charge in [-0.15, -0.1) is 0 Å². The number of aromatic nitrogens is 1. The van der Waals surface area contributed by atoms with E-state index in [-0.39, 0.29) is 11.6 Å². The maximum absolute atomic E-state index is 12.8. The number of methoxy groups -OCH3 is 1. The van der Waals surface area contributed by atoms with Crippen LogP contribution in [-0.2, 0) is 6.42 Å². The van der Waals surface area contributed by atoms with Gasteiger partial charge in [0.25, 0.3) is 0 Å². The van der Waals surface area contributed by atoms with Crippen molar-refractivity contribution in [1.29, 1.82) is 0 Å². The standard InChI is InChI=1S/C15H13BrFNO2/c1-20-14-9-18-15(16)8-12(14)13(19)7-4-10-2-5-11(17)6-3-10/h2-3,5-6,8-9H,4,7H2,1H3. The molecule has 0 unspecified atom stereocenters. The summed E-state index contributed by atoms with van der Waals surface area (Å²) in [6, 6.07) is 7.79. The first-order valence-corrected chi connectivity index (χ1v) is 6.86. The van der Waals surface area contributed by atoms with Gasteiger partial charge in [0.05, 0.1) is 18.9 Å². The van der Waals surface area contributed by atoms with Crippen LogP contribution in [-0.4, -0.2) is 17.9 Å². The van der Waals surface area contributed by atoms with Crippen molar-refractivity contribution < 1.29 is 13.9 Å². The number of aryl methyl sites for hydroxylation is 1. The normalized spacial score (nSPS) is 10.3. The van der Waals surface area contributed by atoms with E-state index in [2.05, 4.69) is 20.9 Å². The van der Waals surface area contributed by atoms with Gasteiger partial charge >= 0.3 is 0 Å². The molecule has 0 aliphatic carbocycles. The average molecular weight is 338 g/mol. The SMILES string of the molecule is COc1cnc(Br)cc1C(=O)CCc1ccc(F)cc1. The predicted molar refractivity (Wildman–Crippen MR) is 77.5 cm³/mol. The van der Waals surface area contributed by atoms with Crippen LogP contribution in [0.3, 0.4) is 0 Å². The minimum Gasteiger partial charge on any atom is -0.494 e. The van der Waals surface area contributed by atoms with Crippen LogP contribution >= 0.6 is 15.9 Å². The van der Waals surface area contributed by atoms with Crippen LogP contribution in [0.4, 0.5) is 4.39 Å².